The normalized spacial score (nSPS) is 13.6. The molecule has 0 saturated carbocycles. The van der Waals surface area contributed by atoms with Gasteiger partial charge in [-0.2, -0.15) is 0 Å². The smallest absolute Gasteiger partial charge is 0.408 e. The molecule has 0 bridgehead atoms. The maximum Gasteiger partial charge on any atom is 0.408 e. The fourth-order valence-electron chi connectivity index (χ4n) is 3.58. The first-order chi connectivity index (χ1) is 17.5. The van der Waals surface area contributed by atoms with E-state index in [1.54, 1.807) is 27.9 Å². The lowest BCUT2D eigenvalue weighted by Crippen LogP contribution is -2.56. The molecule has 2 aromatic carbocycles. The van der Waals surface area contributed by atoms with E-state index in [0.29, 0.717) is 13.0 Å². The van der Waals surface area contributed by atoms with Gasteiger partial charge < -0.3 is 36.3 Å². The second kappa shape index (κ2) is 14.2. The number of ether oxygens (including phenoxy) is 2. The molecule has 0 spiro atoms. The summed E-state index contributed by atoms with van der Waals surface area (Å²) in [4.78, 5) is 37.0. The molecule has 0 aromatic heterocycles. The fourth-order valence-corrected chi connectivity index (χ4v) is 3.58. The summed E-state index contributed by atoms with van der Waals surface area (Å²) in [7, 11) is 1.59. The lowest BCUT2D eigenvalue weighted by Gasteiger charge is -2.28. The lowest BCUT2D eigenvalue weighted by molar-refractivity contribution is -0.128. The largest absolute Gasteiger partial charge is 0.497 e. The van der Waals surface area contributed by atoms with Crippen LogP contribution in [0.15, 0.2) is 54.6 Å². The Kier molecular flexibility index (Phi) is 11.4. The monoisotopic (exact) mass is 514 g/mol. The number of alkyl carbamates (subject to hydrolysis) is 1. The van der Waals surface area contributed by atoms with Crippen LogP contribution in [0.3, 0.4) is 0 Å². The van der Waals surface area contributed by atoms with Crippen molar-refractivity contribution in [1.29, 1.82) is 0 Å². The molecule has 0 unspecified atom stereocenters. The summed E-state index contributed by atoms with van der Waals surface area (Å²) in [6.45, 7) is 5.70. The molecule has 3 amide bonds. The van der Waals surface area contributed by atoms with Crippen molar-refractivity contribution in [2.24, 2.45) is 5.73 Å². The maximum atomic E-state index is 13.1. The van der Waals surface area contributed by atoms with Gasteiger partial charge >= 0.3 is 6.09 Å². The van der Waals surface area contributed by atoms with Crippen LogP contribution in [-0.2, 0) is 27.3 Å². The van der Waals surface area contributed by atoms with Crippen LogP contribution >= 0.6 is 0 Å². The third-order valence-corrected chi connectivity index (χ3v) is 5.32. The number of carbonyl (C=O) groups excluding carboxylic acids is 3. The number of aliphatic hydroxyl groups excluding tert-OH is 1. The zero-order valence-electron chi connectivity index (χ0n) is 21.8. The van der Waals surface area contributed by atoms with Gasteiger partial charge in [0.05, 0.1) is 25.7 Å². The second-order valence-corrected chi connectivity index (χ2v) is 9.72. The molecule has 202 valence electrons. The number of methoxy groups -OCH3 is 1. The average Bonchev–Trinajstić information content (AvgIpc) is 2.82. The molecule has 0 heterocycles. The number of amides is 3. The van der Waals surface area contributed by atoms with Gasteiger partial charge in [-0.15, -0.1) is 0 Å². The summed E-state index contributed by atoms with van der Waals surface area (Å²) in [6.07, 6.45) is -1.93. The number of hydrogen-bond donors (Lipinski definition) is 5. The summed E-state index contributed by atoms with van der Waals surface area (Å²) in [5, 5.41) is 19.4. The topological polar surface area (TPSA) is 152 Å². The number of aliphatic hydroxyl groups is 1. The van der Waals surface area contributed by atoms with E-state index < -0.39 is 48.1 Å². The van der Waals surface area contributed by atoms with Gasteiger partial charge in [0.1, 0.15) is 17.4 Å². The van der Waals surface area contributed by atoms with Crippen LogP contribution in [0.4, 0.5) is 4.79 Å². The van der Waals surface area contributed by atoms with Crippen molar-refractivity contribution in [3.8, 4) is 5.75 Å². The van der Waals surface area contributed by atoms with Crippen molar-refractivity contribution in [3.05, 3.63) is 65.7 Å². The van der Waals surface area contributed by atoms with Crippen molar-refractivity contribution >= 4 is 17.9 Å². The van der Waals surface area contributed by atoms with Gasteiger partial charge in [0.25, 0.3) is 0 Å². The summed E-state index contributed by atoms with van der Waals surface area (Å²) in [6, 6.07) is 14.9. The Morgan fingerprint density at radius 1 is 1.00 bits per heavy atom. The van der Waals surface area contributed by atoms with Crippen molar-refractivity contribution in [2.75, 3.05) is 13.7 Å². The molecule has 0 radical (unpaired) electrons. The minimum atomic E-state index is -1.26. The first-order valence-corrected chi connectivity index (χ1v) is 12.1. The highest BCUT2D eigenvalue weighted by atomic mass is 16.6. The van der Waals surface area contributed by atoms with Crippen LogP contribution in [0.25, 0.3) is 0 Å². The highest BCUT2D eigenvalue weighted by Crippen LogP contribution is 2.13. The third kappa shape index (κ3) is 11.3. The lowest BCUT2D eigenvalue weighted by atomic mass is 10.00. The summed E-state index contributed by atoms with van der Waals surface area (Å²) >= 11 is 0. The van der Waals surface area contributed by atoms with E-state index in [0.717, 1.165) is 16.9 Å². The minimum Gasteiger partial charge on any atom is -0.497 e. The average molecular weight is 515 g/mol. The van der Waals surface area contributed by atoms with E-state index in [-0.39, 0.29) is 6.54 Å². The third-order valence-electron chi connectivity index (χ3n) is 5.32. The van der Waals surface area contributed by atoms with Crippen molar-refractivity contribution in [2.45, 2.75) is 63.9 Å². The number of nitrogens with one attached hydrogen (secondary N) is 3. The Bertz CT molecular complexity index is 1030. The summed E-state index contributed by atoms with van der Waals surface area (Å²) in [5.74, 6) is -0.694. The van der Waals surface area contributed by atoms with Gasteiger partial charge in [0.2, 0.25) is 11.8 Å². The van der Waals surface area contributed by atoms with Crippen LogP contribution in [0, 0.1) is 0 Å². The SMILES string of the molecule is COc1cccc(CNC[C@@H](O)[C@H](Cc2ccccc2)NC(=O)[C@H](CC(N)=O)NC(=O)OC(C)(C)C)c1. The predicted octanol–water partition coefficient (Wildman–Crippen LogP) is 1.64. The van der Waals surface area contributed by atoms with Gasteiger partial charge in [0.15, 0.2) is 0 Å². The molecular formula is C27H38N4O6. The molecule has 0 aliphatic rings. The number of rotatable bonds is 13. The first-order valence-electron chi connectivity index (χ1n) is 12.1. The Morgan fingerprint density at radius 2 is 1.68 bits per heavy atom. The predicted molar refractivity (Wildman–Crippen MR) is 140 cm³/mol. The second-order valence-electron chi connectivity index (χ2n) is 9.72. The van der Waals surface area contributed by atoms with Gasteiger partial charge in [-0.05, 0) is 50.5 Å². The molecule has 10 heteroatoms. The van der Waals surface area contributed by atoms with E-state index in [2.05, 4.69) is 16.0 Å². The Hall–Kier alpha value is -3.63. The molecule has 3 atom stereocenters. The van der Waals surface area contributed by atoms with Gasteiger partial charge in [-0.1, -0.05) is 42.5 Å². The first kappa shape index (κ1) is 29.6. The highest BCUT2D eigenvalue weighted by Gasteiger charge is 2.29. The molecule has 0 aliphatic carbocycles. The van der Waals surface area contributed by atoms with Gasteiger partial charge in [-0.25, -0.2) is 4.79 Å². The van der Waals surface area contributed by atoms with E-state index in [1.807, 2.05) is 54.6 Å². The number of nitrogens with two attached hydrogens (primary N) is 1. The fraction of sp³-hybridized carbons (Fsp3) is 0.444. The van der Waals surface area contributed by atoms with Crippen LogP contribution < -0.4 is 26.4 Å². The molecule has 37 heavy (non-hydrogen) atoms. The Morgan fingerprint density at radius 3 is 2.30 bits per heavy atom. The maximum absolute atomic E-state index is 13.1. The number of primary amides is 1. The molecule has 10 nitrogen and oxygen atoms in total. The van der Waals surface area contributed by atoms with Crippen LogP contribution in [-0.4, -0.2) is 60.5 Å². The van der Waals surface area contributed by atoms with Crippen LogP contribution in [0.2, 0.25) is 0 Å². The summed E-state index contributed by atoms with van der Waals surface area (Å²) in [5.41, 5.74) is 6.38. The summed E-state index contributed by atoms with van der Waals surface area (Å²) < 4.78 is 10.4. The molecule has 0 saturated heterocycles. The van der Waals surface area contributed by atoms with Crippen molar-refractivity contribution in [3.63, 3.8) is 0 Å². The van der Waals surface area contributed by atoms with Crippen LogP contribution in [0.5, 0.6) is 5.75 Å². The van der Waals surface area contributed by atoms with Gasteiger partial charge in [-0.3, -0.25) is 9.59 Å². The van der Waals surface area contributed by atoms with Crippen LogP contribution in [0.1, 0.15) is 38.3 Å². The zero-order valence-corrected chi connectivity index (χ0v) is 21.8. The zero-order chi connectivity index (χ0) is 27.4. The highest BCUT2D eigenvalue weighted by molar-refractivity contribution is 5.90. The number of benzene rings is 2. The molecule has 2 rings (SSSR count). The van der Waals surface area contributed by atoms with Crippen molar-refractivity contribution in [1.82, 2.24) is 16.0 Å². The molecule has 0 aliphatic heterocycles. The molecule has 6 N–H and O–H groups in total. The van der Waals surface area contributed by atoms with Gasteiger partial charge in [0, 0.05) is 13.1 Å². The molecule has 2 aromatic rings. The molecular weight excluding hydrogens is 476 g/mol. The van der Waals surface area contributed by atoms with E-state index >= 15 is 0 Å². The standard InChI is InChI=1S/C27H38N4O6/c1-27(2,3)37-26(35)31-22(15-24(28)33)25(34)30-21(14-18-9-6-5-7-10-18)23(32)17-29-16-19-11-8-12-20(13-19)36-4/h5-13,21-23,29,32H,14-17H2,1-4H3,(H2,28,33)(H,30,34)(H,31,35)/t21-,22-,23+/m0/s1. The minimum absolute atomic E-state index is 0.176. The van der Waals surface area contributed by atoms with E-state index in [9.17, 15) is 19.5 Å². The van der Waals surface area contributed by atoms with E-state index in [4.69, 9.17) is 15.2 Å². The Labute approximate surface area is 217 Å². The molecule has 0 fully saturated rings. The van der Waals surface area contributed by atoms with E-state index in [1.165, 1.54) is 0 Å². The Balaban J connectivity index is 2.10. The number of hydrogen-bond acceptors (Lipinski definition) is 7. The quantitative estimate of drug-likeness (QED) is 0.272. The van der Waals surface area contributed by atoms with Crippen molar-refractivity contribution < 1.29 is 29.0 Å². The number of carbonyl (C=O) groups is 3.